The van der Waals surface area contributed by atoms with Gasteiger partial charge in [-0.25, -0.2) is 0 Å². The molecule has 0 radical (unpaired) electrons. The number of benzene rings is 1. The summed E-state index contributed by atoms with van der Waals surface area (Å²) < 4.78 is 0. The summed E-state index contributed by atoms with van der Waals surface area (Å²) in [6, 6.07) is 8.64. The van der Waals surface area contributed by atoms with Crippen LogP contribution in [0.2, 0.25) is 0 Å². The van der Waals surface area contributed by atoms with Gasteiger partial charge in [0.2, 0.25) is 5.91 Å². The van der Waals surface area contributed by atoms with Gasteiger partial charge in [-0.15, -0.1) is 0 Å². The van der Waals surface area contributed by atoms with E-state index in [4.69, 9.17) is 0 Å². The van der Waals surface area contributed by atoms with Gasteiger partial charge in [-0.3, -0.25) is 14.8 Å². The second-order valence-corrected chi connectivity index (χ2v) is 8.35. The summed E-state index contributed by atoms with van der Waals surface area (Å²) >= 11 is 0. The Hall–Kier alpha value is -2.23. The molecule has 2 aliphatic heterocycles. The van der Waals surface area contributed by atoms with E-state index in [2.05, 4.69) is 40.0 Å². The van der Waals surface area contributed by atoms with Gasteiger partial charge in [0.15, 0.2) is 0 Å². The number of pyridine rings is 1. The van der Waals surface area contributed by atoms with E-state index in [-0.39, 0.29) is 0 Å². The summed E-state index contributed by atoms with van der Waals surface area (Å²) in [5, 5.41) is 1.23. The minimum Gasteiger partial charge on any atom is -0.342 e. The molecule has 4 nitrogen and oxygen atoms in total. The van der Waals surface area contributed by atoms with E-state index >= 15 is 0 Å². The number of fused-ring (bicyclic) bond motifs is 1. The van der Waals surface area contributed by atoms with Crippen LogP contribution in [-0.2, 0) is 4.79 Å². The number of hydrogen-bond donors (Lipinski definition) is 0. The van der Waals surface area contributed by atoms with E-state index in [9.17, 15) is 4.79 Å². The molecule has 0 spiro atoms. The van der Waals surface area contributed by atoms with Gasteiger partial charge in [-0.2, -0.15) is 0 Å². The standard InChI is InChI=1S/C22H25N3O/c1-14-9-16(13-25(12-14)21(26)10-15-4-5-15)17-6-7-19(20-11-24-20)22-18(17)3-2-8-23-22/h2-3,6-8,14-16H,4-5,9-13H2,1H3. The highest BCUT2D eigenvalue weighted by Gasteiger charge is 2.33. The van der Waals surface area contributed by atoms with E-state index in [1.807, 2.05) is 12.3 Å². The molecule has 26 heavy (non-hydrogen) atoms. The summed E-state index contributed by atoms with van der Waals surface area (Å²) in [6.07, 6.45) is 6.23. The molecule has 0 N–H and O–H groups in total. The predicted molar refractivity (Wildman–Crippen MR) is 104 cm³/mol. The fourth-order valence-corrected chi connectivity index (χ4v) is 4.47. The second-order valence-electron chi connectivity index (χ2n) is 8.35. The van der Waals surface area contributed by atoms with Crippen LogP contribution in [0.1, 0.15) is 49.7 Å². The van der Waals surface area contributed by atoms with Crippen LogP contribution in [0.4, 0.5) is 0 Å². The molecule has 1 amide bonds. The Morgan fingerprint density at radius 3 is 2.85 bits per heavy atom. The monoisotopic (exact) mass is 347 g/mol. The third-order valence-corrected chi connectivity index (χ3v) is 6.04. The summed E-state index contributed by atoms with van der Waals surface area (Å²) in [7, 11) is 0. The average Bonchev–Trinajstić information content (AvgIpc) is 3.54. The van der Waals surface area contributed by atoms with Crippen LogP contribution >= 0.6 is 0 Å². The maximum atomic E-state index is 12.7. The molecule has 2 aromatic rings. The first kappa shape index (κ1) is 16.0. The van der Waals surface area contributed by atoms with Crippen molar-refractivity contribution in [1.29, 1.82) is 0 Å². The number of aromatic nitrogens is 1. The molecule has 2 atom stereocenters. The van der Waals surface area contributed by atoms with Crippen LogP contribution in [0, 0.1) is 11.8 Å². The van der Waals surface area contributed by atoms with E-state index < -0.39 is 0 Å². The van der Waals surface area contributed by atoms with Gasteiger partial charge in [-0.1, -0.05) is 25.1 Å². The first-order valence-electron chi connectivity index (χ1n) is 9.88. The zero-order chi connectivity index (χ0) is 17.7. The van der Waals surface area contributed by atoms with Crippen molar-refractivity contribution < 1.29 is 4.79 Å². The summed E-state index contributed by atoms with van der Waals surface area (Å²) in [4.78, 5) is 23.8. The van der Waals surface area contributed by atoms with Crippen LogP contribution in [0.5, 0.6) is 0 Å². The molecule has 1 aliphatic carbocycles. The topological polar surface area (TPSA) is 45.6 Å². The van der Waals surface area contributed by atoms with Gasteiger partial charge >= 0.3 is 0 Å². The molecule has 1 saturated carbocycles. The van der Waals surface area contributed by atoms with Crippen molar-refractivity contribution in [2.45, 2.75) is 38.5 Å². The maximum Gasteiger partial charge on any atom is 0.222 e. The van der Waals surface area contributed by atoms with Gasteiger partial charge in [-0.05, 0) is 42.7 Å². The van der Waals surface area contributed by atoms with Gasteiger partial charge in [0, 0.05) is 42.6 Å². The van der Waals surface area contributed by atoms with Crippen molar-refractivity contribution in [1.82, 2.24) is 9.88 Å². The van der Waals surface area contributed by atoms with Crippen LogP contribution in [0.15, 0.2) is 35.5 Å². The Kier molecular flexibility index (Phi) is 3.80. The molecule has 1 aromatic carbocycles. The van der Waals surface area contributed by atoms with Gasteiger partial charge < -0.3 is 4.90 Å². The molecule has 1 aromatic heterocycles. The lowest BCUT2D eigenvalue weighted by atomic mass is 9.83. The quantitative estimate of drug-likeness (QED) is 0.845. The number of carbonyl (C=O) groups excluding carboxylic acids is 1. The van der Waals surface area contributed by atoms with E-state index in [0.717, 1.165) is 38.0 Å². The van der Waals surface area contributed by atoms with Crippen molar-refractivity contribution in [2.75, 3.05) is 19.6 Å². The molecule has 5 rings (SSSR count). The normalized spacial score (nSPS) is 25.3. The molecule has 0 bridgehead atoms. The third kappa shape index (κ3) is 3.02. The van der Waals surface area contributed by atoms with Gasteiger partial charge in [0.1, 0.15) is 0 Å². The van der Waals surface area contributed by atoms with Crippen molar-refractivity contribution in [3.05, 3.63) is 41.6 Å². The van der Waals surface area contributed by atoms with Crippen molar-refractivity contribution in [2.24, 2.45) is 16.8 Å². The second kappa shape index (κ2) is 6.19. The first-order chi connectivity index (χ1) is 12.7. The van der Waals surface area contributed by atoms with Crippen LogP contribution < -0.4 is 0 Å². The summed E-state index contributed by atoms with van der Waals surface area (Å²) in [6.45, 7) is 4.87. The molecule has 2 fully saturated rings. The number of aliphatic imine (C=N–C) groups is 1. The largest absolute Gasteiger partial charge is 0.342 e. The number of likely N-dealkylation sites (tertiary alicyclic amines) is 1. The first-order valence-corrected chi connectivity index (χ1v) is 9.88. The zero-order valence-electron chi connectivity index (χ0n) is 15.3. The molecular formula is C22H25N3O. The molecule has 3 heterocycles. The van der Waals surface area contributed by atoms with E-state index in [1.54, 1.807) is 0 Å². The molecule has 3 aliphatic rings. The number of rotatable bonds is 4. The molecule has 4 heteroatoms. The fourth-order valence-electron chi connectivity index (χ4n) is 4.47. The highest BCUT2D eigenvalue weighted by atomic mass is 16.2. The van der Waals surface area contributed by atoms with Gasteiger partial charge in [0.25, 0.3) is 0 Å². The van der Waals surface area contributed by atoms with Crippen molar-refractivity contribution in [3.63, 3.8) is 0 Å². The van der Waals surface area contributed by atoms with Crippen LogP contribution in [0.3, 0.4) is 0 Å². The predicted octanol–water partition coefficient (Wildman–Crippen LogP) is 3.79. The Morgan fingerprint density at radius 2 is 2.08 bits per heavy atom. The highest BCUT2D eigenvalue weighted by molar-refractivity contribution is 6.17. The SMILES string of the molecule is CC1CC(c2ccc(C3=NC3)c3ncccc23)CN(C(=O)CC2CC2)C1. The zero-order valence-corrected chi connectivity index (χ0v) is 15.3. The summed E-state index contributed by atoms with van der Waals surface area (Å²) in [5.41, 5.74) is 4.75. The Morgan fingerprint density at radius 1 is 1.23 bits per heavy atom. The Balaban J connectivity index is 1.47. The lowest BCUT2D eigenvalue weighted by Crippen LogP contribution is -2.42. The summed E-state index contributed by atoms with van der Waals surface area (Å²) in [5.74, 6) is 1.94. The number of nitrogens with zero attached hydrogens (tertiary/aromatic N) is 3. The minimum atomic E-state index is 0.357. The Bertz CT molecular complexity index is 899. The Labute approximate surface area is 154 Å². The highest BCUT2D eigenvalue weighted by Crippen LogP contribution is 2.37. The number of piperidine rings is 1. The number of amides is 1. The van der Waals surface area contributed by atoms with E-state index in [1.165, 1.54) is 35.1 Å². The van der Waals surface area contributed by atoms with Crippen molar-refractivity contribution in [3.8, 4) is 0 Å². The maximum absolute atomic E-state index is 12.7. The minimum absolute atomic E-state index is 0.357. The lowest BCUT2D eigenvalue weighted by Gasteiger charge is -2.37. The fraction of sp³-hybridized carbons (Fsp3) is 0.500. The average molecular weight is 347 g/mol. The molecule has 134 valence electrons. The van der Waals surface area contributed by atoms with E-state index in [0.29, 0.717) is 23.7 Å². The smallest absolute Gasteiger partial charge is 0.222 e. The molecule has 1 saturated heterocycles. The molecule has 2 unspecified atom stereocenters. The van der Waals surface area contributed by atoms with Crippen LogP contribution in [0.25, 0.3) is 10.9 Å². The third-order valence-electron chi connectivity index (χ3n) is 6.04. The van der Waals surface area contributed by atoms with Crippen LogP contribution in [-0.4, -0.2) is 41.1 Å². The van der Waals surface area contributed by atoms with Gasteiger partial charge in [0.05, 0.1) is 17.8 Å². The molecular weight excluding hydrogens is 322 g/mol. The number of hydrogen-bond acceptors (Lipinski definition) is 3. The van der Waals surface area contributed by atoms with Crippen molar-refractivity contribution >= 4 is 22.5 Å². The number of carbonyl (C=O) groups is 1. The lowest BCUT2D eigenvalue weighted by molar-refractivity contribution is -0.133.